The van der Waals surface area contributed by atoms with Gasteiger partial charge in [-0.05, 0) is 37.3 Å². The van der Waals surface area contributed by atoms with Crippen LogP contribution in [0.3, 0.4) is 0 Å². The number of nitrogens with two attached hydrogens (primary N) is 1. The van der Waals surface area contributed by atoms with Crippen molar-refractivity contribution in [1.29, 1.82) is 0 Å². The van der Waals surface area contributed by atoms with Crippen LogP contribution in [0, 0.1) is 0 Å². The Morgan fingerprint density at radius 2 is 1.79 bits per heavy atom. The fourth-order valence-corrected chi connectivity index (χ4v) is 1.84. The minimum atomic E-state index is -0.446. The highest BCUT2D eigenvalue weighted by molar-refractivity contribution is 6.08. The summed E-state index contributed by atoms with van der Waals surface area (Å²) < 4.78 is 10.6. The molecule has 0 aliphatic carbocycles. The summed E-state index contributed by atoms with van der Waals surface area (Å²) in [6.07, 6.45) is 3.17. The highest BCUT2D eigenvalue weighted by Gasteiger charge is 2.11. The number of amides is 1. The molecule has 0 radical (unpaired) electrons. The van der Waals surface area contributed by atoms with E-state index in [1.165, 1.54) is 0 Å². The highest BCUT2D eigenvalue weighted by Crippen LogP contribution is 2.28. The van der Waals surface area contributed by atoms with Gasteiger partial charge in [0.1, 0.15) is 5.84 Å². The van der Waals surface area contributed by atoms with Gasteiger partial charge < -0.3 is 15.2 Å². The minimum Gasteiger partial charge on any atom is -0.493 e. The Labute approximate surface area is 142 Å². The third kappa shape index (κ3) is 5.08. The molecule has 2 aromatic rings. The molecule has 2 rings (SSSR count). The first-order valence-corrected chi connectivity index (χ1v) is 7.75. The number of aliphatic imine (C=N–C) groups is 1. The Morgan fingerprint density at radius 1 is 1.12 bits per heavy atom. The summed E-state index contributed by atoms with van der Waals surface area (Å²) in [6, 6.07) is 8.24. The first kappa shape index (κ1) is 19.2. The zero-order chi connectivity index (χ0) is 17.9. The fraction of sp³-hybridized carbons (Fsp3) is 0.278. The van der Waals surface area contributed by atoms with E-state index in [1.807, 2.05) is 20.8 Å². The van der Waals surface area contributed by atoms with Gasteiger partial charge in [-0.15, -0.1) is 0 Å². The third-order valence-electron chi connectivity index (χ3n) is 2.91. The predicted molar refractivity (Wildman–Crippen MR) is 94.8 cm³/mol. The molecule has 0 unspecified atom stereocenters. The quantitative estimate of drug-likeness (QED) is 0.673. The van der Waals surface area contributed by atoms with Crippen LogP contribution in [-0.4, -0.2) is 30.4 Å². The Bertz CT molecular complexity index is 685. The van der Waals surface area contributed by atoms with Crippen LogP contribution in [0.4, 0.5) is 0 Å². The zero-order valence-corrected chi connectivity index (χ0v) is 14.4. The van der Waals surface area contributed by atoms with Crippen LogP contribution in [0.2, 0.25) is 0 Å². The summed E-state index contributed by atoms with van der Waals surface area (Å²) in [5.74, 6) is 0.747. The SMILES string of the molecule is CC.CCOc1cc(C(=O)N=C(N)c2ccncc2)ccc1OC. The number of pyridine rings is 1. The van der Waals surface area contributed by atoms with Gasteiger partial charge in [0, 0.05) is 23.5 Å². The van der Waals surface area contributed by atoms with Gasteiger partial charge in [0.25, 0.3) is 5.91 Å². The molecular weight excluding hydrogens is 306 g/mol. The zero-order valence-electron chi connectivity index (χ0n) is 14.4. The van der Waals surface area contributed by atoms with Crippen LogP contribution < -0.4 is 15.2 Å². The number of rotatable bonds is 5. The molecule has 0 fully saturated rings. The summed E-state index contributed by atoms with van der Waals surface area (Å²) >= 11 is 0. The van der Waals surface area contributed by atoms with Crippen LogP contribution in [-0.2, 0) is 0 Å². The molecule has 1 aromatic heterocycles. The fourth-order valence-electron chi connectivity index (χ4n) is 1.84. The predicted octanol–water partition coefficient (Wildman–Crippen LogP) is 3.06. The maximum atomic E-state index is 12.2. The average molecular weight is 329 g/mol. The molecule has 0 aliphatic heterocycles. The number of benzene rings is 1. The average Bonchev–Trinajstić information content (AvgIpc) is 2.64. The van der Waals surface area contributed by atoms with E-state index >= 15 is 0 Å². The van der Waals surface area contributed by atoms with Gasteiger partial charge in [0.2, 0.25) is 0 Å². The van der Waals surface area contributed by atoms with E-state index in [4.69, 9.17) is 15.2 Å². The second-order valence-corrected chi connectivity index (χ2v) is 4.34. The number of ether oxygens (including phenoxy) is 2. The molecule has 0 atom stereocenters. The van der Waals surface area contributed by atoms with Crippen molar-refractivity contribution < 1.29 is 14.3 Å². The van der Waals surface area contributed by atoms with Crippen LogP contribution in [0.25, 0.3) is 0 Å². The van der Waals surface area contributed by atoms with E-state index in [1.54, 1.807) is 49.8 Å². The molecular formula is C18H23N3O3. The van der Waals surface area contributed by atoms with Crippen molar-refractivity contribution in [2.45, 2.75) is 20.8 Å². The van der Waals surface area contributed by atoms with Gasteiger partial charge >= 0.3 is 0 Å². The van der Waals surface area contributed by atoms with Crippen molar-refractivity contribution in [2.75, 3.05) is 13.7 Å². The lowest BCUT2D eigenvalue weighted by molar-refractivity contribution is 0.100. The number of amidine groups is 1. The van der Waals surface area contributed by atoms with E-state index in [-0.39, 0.29) is 5.84 Å². The number of methoxy groups -OCH3 is 1. The lowest BCUT2D eigenvalue weighted by Gasteiger charge is -2.09. The molecule has 0 saturated carbocycles. The van der Waals surface area contributed by atoms with E-state index in [0.717, 1.165) is 0 Å². The Kier molecular flexibility index (Phi) is 7.98. The van der Waals surface area contributed by atoms with Gasteiger partial charge in [0.05, 0.1) is 13.7 Å². The first-order valence-electron chi connectivity index (χ1n) is 7.75. The summed E-state index contributed by atoms with van der Waals surface area (Å²) in [4.78, 5) is 20.0. The van der Waals surface area contributed by atoms with Crippen LogP contribution in [0.1, 0.15) is 36.7 Å². The van der Waals surface area contributed by atoms with E-state index in [2.05, 4.69) is 9.98 Å². The monoisotopic (exact) mass is 329 g/mol. The second kappa shape index (κ2) is 9.99. The van der Waals surface area contributed by atoms with E-state index in [9.17, 15) is 4.79 Å². The van der Waals surface area contributed by atoms with Gasteiger partial charge in [-0.25, -0.2) is 0 Å². The third-order valence-corrected chi connectivity index (χ3v) is 2.91. The lowest BCUT2D eigenvalue weighted by atomic mass is 10.2. The van der Waals surface area contributed by atoms with Crippen LogP contribution >= 0.6 is 0 Å². The van der Waals surface area contributed by atoms with Gasteiger partial charge in [-0.2, -0.15) is 4.99 Å². The molecule has 0 saturated heterocycles. The first-order chi connectivity index (χ1) is 11.7. The topological polar surface area (TPSA) is 86.8 Å². The number of aromatic nitrogens is 1. The normalized spacial score (nSPS) is 10.4. The molecule has 24 heavy (non-hydrogen) atoms. The van der Waals surface area contributed by atoms with Crippen molar-refractivity contribution in [3.63, 3.8) is 0 Å². The highest BCUT2D eigenvalue weighted by atomic mass is 16.5. The van der Waals surface area contributed by atoms with E-state index in [0.29, 0.717) is 29.2 Å². The summed E-state index contributed by atoms with van der Waals surface area (Å²) in [5, 5.41) is 0. The molecule has 6 heteroatoms. The number of carbonyl (C=O) groups excluding carboxylic acids is 1. The Morgan fingerprint density at radius 3 is 2.38 bits per heavy atom. The van der Waals surface area contributed by atoms with Gasteiger partial charge in [0.15, 0.2) is 11.5 Å². The second-order valence-electron chi connectivity index (χ2n) is 4.34. The van der Waals surface area contributed by atoms with Crippen molar-refractivity contribution >= 4 is 11.7 Å². The number of carbonyl (C=O) groups is 1. The summed E-state index contributed by atoms with van der Waals surface area (Å²) in [7, 11) is 1.54. The molecule has 128 valence electrons. The van der Waals surface area contributed by atoms with Gasteiger partial charge in [-0.3, -0.25) is 9.78 Å². The smallest absolute Gasteiger partial charge is 0.279 e. The molecule has 0 aliphatic rings. The largest absolute Gasteiger partial charge is 0.493 e. The maximum Gasteiger partial charge on any atom is 0.279 e. The molecule has 1 aromatic carbocycles. The summed E-state index contributed by atoms with van der Waals surface area (Å²) in [6.45, 7) is 6.32. The molecule has 0 spiro atoms. The van der Waals surface area contributed by atoms with Crippen molar-refractivity contribution in [3.05, 3.63) is 53.9 Å². The molecule has 1 amide bonds. The van der Waals surface area contributed by atoms with Crippen LogP contribution in [0.15, 0.2) is 47.7 Å². The summed E-state index contributed by atoms with van der Waals surface area (Å²) in [5.41, 5.74) is 6.85. The van der Waals surface area contributed by atoms with E-state index < -0.39 is 5.91 Å². The molecule has 0 bridgehead atoms. The van der Waals surface area contributed by atoms with Crippen molar-refractivity contribution in [1.82, 2.24) is 4.98 Å². The lowest BCUT2D eigenvalue weighted by Crippen LogP contribution is -2.16. The molecule has 6 nitrogen and oxygen atoms in total. The maximum absolute atomic E-state index is 12.2. The number of nitrogens with zero attached hydrogens (tertiary/aromatic N) is 2. The van der Waals surface area contributed by atoms with Crippen molar-refractivity contribution in [2.24, 2.45) is 10.7 Å². The van der Waals surface area contributed by atoms with Crippen LogP contribution in [0.5, 0.6) is 11.5 Å². The molecule has 1 heterocycles. The number of hydrogen-bond donors (Lipinski definition) is 1. The van der Waals surface area contributed by atoms with Gasteiger partial charge in [-0.1, -0.05) is 13.8 Å². The number of hydrogen-bond acceptors (Lipinski definition) is 4. The Hall–Kier alpha value is -2.89. The minimum absolute atomic E-state index is 0.140. The molecule has 2 N–H and O–H groups in total. The Balaban J connectivity index is 0.00000139. The van der Waals surface area contributed by atoms with Crippen molar-refractivity contribution in [3.8, 4) is 11.5 Å². The standard InChI is InChI=1S/C16H17N3O3.C2H6/c1-3-22-14-10-12(4-5-13(14)21-2)16(20)19-15(17)11-6-8-18-9-7-11;1-2/h4-10H,3H2,1-2H3,(H2,17,19,20);1-2H3.